The topological polar surface area (TPSA) is 83.4 Å². The Morgan fingerprint density at radius 1 is 1.36 bits per heavy atom. The third kappa shape index (κ3) is 3.79. The Balaban J connectivity index is 1.71. The summed E-state index contributed by atoms with van der Waals surface area (Å²) in [7, 11) is 0. The zero-order valence-electron chi connectivity index (χ0n) is 14.5. The minimum absolute atomic E-state index is 0.0285. The molecule has 25 heavy (non-hydrogen) atoms. The first-order valence-electron chi connectivity index (χ1n) is 8.21. The van der Waals surface area contributed by atoms with Gasteiger partial charge in [-0.1, -0.05) is 18.7 Å². The number of amides is 1. The normalized spacial score (nSPS) is 20.8. The Morgan fingerprint density at radius 2 is 2.12 bits per heavy atom. The summed E-state index contributed by atoms with van der Waals surface area (Å²) in [6.45, 7) is 7.03. The zero-order valence-corrected chi connectivity index (χ0v) is 16.1. The van der Waals surface area contributed by atoms with Crippen molar-refractivity contribution in [3.05, 3.63) is 16.8 Å². The van der Waals surface area contributed by atoms with E-state index in [2.05, 4.69) is 16.9 Å². The van der Waals surface area contributed by atoms with Crippen molar-refractivity contribution in [2.75, 3.05) is 18.8 Å². The van der Waals surface area contributed by atoms with Gasteiger partial charge in [-0.3, -0.25) is 9.59 Å². The first kappa shape index (κ1) is 18.1. The van der Waals surface area contributed by atoms with Crippen molar-refractivity contribution < 1.29 is 14.7 Å². The molecule has 2 aromatic heterocycles. The van der Waals surface area contributed by atoms with Crippen molar-refractivity contribution in [1.29, 1.82) is 0 Å². The standard InChI is InChI=1S/C17H21N3O3S2/c1-9-4-12(17(22)23)6-20(5-9)13(21)7-24-15-14-10(2)11(3)25-16(14)19-8-18-15/h8-9,12H,4-7H2,1-3H3,(H,22,23). The molecule has 134 valence electrons. The Kier molecular flexibility index (Phi) is 5.29. The van der Waals surface area contributed by atoms with Crippen LogP contribution in [0.2, 0.25) is 0 Å². The molecule has 0 bridgehead atoms. The molecular formula is C17H21N3O3S2. The van der Waals surface area contributed by atoms with Gasteiger partial charge in [-0.15, -0.1) is 11.3 Å². The van der Waals surface area contributed by atoms with Gasteiger partial charge in [0.15, 0.2) is 0 Å². The van der Waals surface area contributed by atoms with Crippen LogP contribution < -0.4 is 0 Å². The van der Waals surface area contributed by atoms with Crippen LogP contribution in [-0.4, -0.2) is 50.7 Å². The van der Waals surface area contributed by atoms with E-state index >= 15 is 0 Å². The Hall–Kier alpha value is -1.67. The van der Waals surface area contributed by atoms with E-state index in [-0.39, 0.29) is 17.6 Å². The summed E-state index contributed by atoms with van der Waals surface area (Å²) in [5.74, 6) is -0.848. The predicted molar refractivity (Wildman–Crippen MR) is 99.1 cm³/mol. The number of carbonyl (C=O) groups excluding carboxylic acids is 1. The summed E-state index contributed by atoms with van der Waals surface area (Å²) in [5.41, 5.74) is 1.16. The third-order valence-electron chi connectivity index (χ3n) is 4.62. The smallest absolute Gasteiger partial charge is 0.308 e. The quantitative estimate of drug-likeness (QED) is 0.649. The molecular weight excluding hydrogens is 358 g/mol. The van der Waals surface area contributed by atoms with E-state index in [1.54, 1.807) is 16.2 Å². The van der Waals surface area contributed by atoms with E-state index in [9.17, 15) is 14.7 Å². The molecule has 0 spiro atoms. The molecule has 2 unspecified atom stereocenters. The van der Waals surface area contributed by atoms with Gasteiger partial charge in [0.25, 0.3) is 0 Å². The molecule has 1 N–H and O–H groups in total. The Morgan fingerprint density at radius 3 is 2.84 bits per heavy atom. The summed E-state index contributed by atoms with van der Waals surface area (Å²) in [6.07, 6.45) is 2.17. The molecule has 1 aliphatic heterocycles. The fourth-order valence-electron chi connectivity index (χ4n) is 3.22. The highest BCUT2D eigenvalue weighted by atomic mass is 32.2. The van der Waals surface area contributed by atoms with Crippen LogP contribution in [-0.2, 0) is 9.59 Å². The van der Waals surface area contributed by atoms with Gasteiger partial charge in [0.2, 0.25) is 5.91 Å². The number of thioether (sulfide) groups is 1. The van der Waals surface area contributed by atoms with E-state index in [0.29, 0.717) is 19.5 Å². The van der Waals surface area contributed by atoms with Crippen LogP contribution in [0.1, 0.15) is 23.8 Å². The molecule has 0 saturated carbocycles. The number of nitrogens with zero attached hydrogens (tertiary/aromatic N) is 3. The lowest BCUT2D eigenvalue weighted by Crippen LogP contribution is -2.46. The minimum atomic E-state index is -0.820. The maximum Gasteiger partial charge on any atom is 0.308 e. The van der Waals surface area contributed by atoms with Crippen molar-refractivity contribution >= 4 is 45.2 Å². The van der Waals surface area contributed by atoms with E-state index in [1.807, 2.05) is 13.8 Å². The predicted octanol–water partition coefficient (Wildman–Crippen LogP) is 2.97. The lowest BCUT2D eigenvalue weighted by molar-refractivity contribution is -0.146. The lowest BCUT2D eigenvalue weighted by atomic mass is 9.90. The number of thiophene rings is 1. The summed E-state index contributed by atoms with van der Waals surface area (Å²) < 4.78 is 0. The van der Waals surface area contributed by atoms with Crippen LogP contribution in [0, 0.1) is 25.7 Å². The summed E-state index contributed by atoms with van der Waals surface area (Å²) in [6, 6.07) is 0. The maximum absolute atomic E-state index is 12.6. The van der Waals surface area contributed by atoms with Gasteiger partial charge in [-0.25, -0.2) is 9.97 Å². The van der Waals surface area contributed by atoms with Gasteiger partial charge in [-0.05, 0) is 31.7 Å². The number of aromatic nitrogens is 2. The number of rotatable bonds is 4. The maximum atomic E-state index is 12.6. The first-order chi connectivity index (χ1) is 11.9. The average molecular weight is 380 g/mol. The van der Waals surface area contributed by atoms with Crippen LogP contribution in [0.5, 0.6) is 0 Å². The molecule has 1 aliphatic rings. The number of aliphatic carboxylic acids is 1. The highest BCUT2D eigenvalue weighted by molar-refractivity contribution is 8.00. The van der Waals surface area contributed by atoms with Crippen molar-refractivity contribution in [2.24, 2.45) is 11.8 Å². The van der Waals surface area contributed by atoms with Crippen molar-refractivity contribution in [2.45, 2.75) is 32.2 Å². The van der Waals surface area contributed by atoms with Gasteiger partial charge in [0.1, 0.15) is 16.2 Å². The second-order valence-electron chi connectivity index (χ2n) is 6.61. The van der Waals surface area contributed by atoms with Gasteiger partial charge < -0.3 is 10.0 Å². The van der Waals surface area contributed by atoms with Crippen LogP contribution in [0.3, 0.4) is 0 Å². The van der Waals surface area contributed by atoms with Gasteiger partial charge in [0.05, 0.1) is 11.7 Å². The fraction of sp³-hybridized carbons (Fsp3) is 0.529. The molecule has 1 saturated heterocycles. The average Bonchev–Trinajstić information content (AvgIpc) is 2.87. The molecule has 2 aromatic rings. The molecule has 1 amide bonds. The number of carbonyl (C=O) groups is 2. The SMILES string of the molecule is Cc1sc2ncnc(SCC(=O)N3CC(C)CC(C(=O)O)C3)c2c1C. The highest BCUT2D eigenvalue weighted by Crippen LogP contribution is 2.34. The Labute approximate surface area is 154 Å². The van der Waals surface area contributed by atoms with Crippen molar-refractivity contribution in [3.63, 3.8) is 0 Å². The number of hydrogen-bond donors (Lipinski definition) is 1. The van der Waals surface area contributed by atoms with Gasteiger partial charge in [-0.2, -0.15) is 0 Å². The first-order valence-corrected chi connectivity index (χ1v) is 10.0. The molecule has 1 fully saturated rings. The number of likely N-dealkylation sites (tertiary alicyclic amines) is 1. The van der Waals surface area contributed by atoms with Crippen LogP contribution >= 0.6 is 23.1 Å². The van der Waals surface area contributed by atoms with E-state index < -0.39 is 11.9 Å². The largest absolute Gasteiger partial charge is 0.481 e. The van der Waals surface area contributed by atoms with E-state index in [4.69, 9.17) is 0 Å². The number of fused-ring (bicyclic) bond motifs is 1. The minimum Gasteiger partial charge on any atom is -0.481 e. The molecule has 6 nitrogen and oxygen atoms in total. The third-order valence-corrected chi connectivity index (χ3v) is 6.71. The molecule has 0 aromatic carbocycles. The lowest BCUT2D eigenvalue weighted by Gasteiger charge is -2.34. The monoisotopic (exact) mass is 379 g/mol. The fourth-order valence-corrected chi connectivity index (χ4v) is 5.24. The van der Waals surface area contributed by atoms with Gasteiger partial charge in [0, 0.05) is 23.4 Å². The van der Waals surface area contributed by atoms with E-state index in [1.165, 1.54) is 23.0 Å². The number of carboxylic acids is 1. The summed E-state index contributed by atoms with van der Waals surface area (Å²) in [5, 5.41) is 11.1. The second-order valence-corrected chi connectivity index (χ2v) is 8.77. The zero-order chi connectivity index (χ0) is 18.1. The van der Waals surface area contributed by atoms with Gasteiger partial charge >= 0.3 is 5.97 Å². The van der Waals surface area contributed by atoms with Crippen molar-refractivity contribution in [3.8, 4) is 0 Å². The molecule has 0 radical (unpaired) electrons. The summed E-state index contributed by atoms with van der Waals surface area (Å²) >= 11 is 3.04. The van der Waals surface area contributed by atoms with Crippen LogP contribution in [0.4, 0.5) is 0 Å². The number of aryl methyl sites for hydroxylation is 2. The summed E-state index contributed by atoms with van der Waals surface area (Å²) in [4.78, 5) is 36.4. The molecule has 3 rings (SSSR count). The number of piperidine rings is 1. The van der Waals surface area contributed by atoms with Crippen molar-refractivity contribution in [1.82, 2.24) is 14.9 Å². The molecule has 0 aliphatic carbocycles. The molecule has 2 atom stereocenters. The molecule has 3 heterocycles. The Bertz CT molecular complexity index is 821. The number of carboxylic acid groups (broad SMARTS) is 1. The highest BCUT2D eigenvalue weighted by Gasteiger charge is 2.31. The van der Waals surface area contributed by atoms with Crippen LogP contribution in [0.25, 0.3) is 10.2 Å². The van der Waals surface area contributed by atoms with E-state index in [0.717, 1.165) is 20.8 Å². The molecule has 8 heteroatoms. The van der Waals surface area contributed by atoms with Crippen LogP contribution in [0.15, 0.2) is 11.4 Å². The second kappa shape index (κ2) is 7.29. The number of hydrogen-bond acceptors (Lipinski definition) is 6.